The van der Waals surface area contributed by atoms with Crippen molar-refractivity contribution in [2.75, 3.05) is 6.26 Å². The predicted octanol–water partition coefficient (Wildman–Crippen LogP) is 3.75. The fourth-order valence-corrected chi connectivity index (χ4v) is 4.86. The molecule has 0 aliphatic heterocycles. The number of benzene rings is 1. The summed E-state index contributed by atoms with van der Waals surface area (Å²) in [5, 5.41) is 2.44. The minimum atomic E-state index is -3.47. The molecule has 2 atom stereocenters. The summed E-state index contributed by atoms with van der Waals surface area (Å²) in [4.78, 5) is 16.7. The van der Waals surface area contributed by atoms with Gasteiger partial charge in [-0.2, -0.15) is 0 Å². The van der Waals surface area contributed by atoms with Crippen LogP contribution in [0.4, 0.5) is 4.39 Å². The Hall–Kier alpha value is -1.70. The number of nitrogens with zero attached hydrogens (tertiary/aromatic N) is 1. The number of nitrogens with one attached hydrogen (secondary N) is 1. The van der Waals surface area contributed by atoms with Gasteiger partial charge in [-0.1, -0.05) is 35.3 Å². The Morgan fingerprint density at radius 2 is 2.11 bits per heavy atom. The number of hydrogen-bond donors (Lipinski definition) is 1. The highest BCUT2D eigenvalue weighted by Gasteiger charge is 2.49. The molecule has 1 N–H and O–H groups in total. The lowest BCUT2D eigenvalue weighted by atomic mass is 9.82. The van der Waals surface area contributed by atoms with Gasteiger partial charge in [0.15, 0.2) is 9.84 Å². The molecule has 1 aromatic heterocycles. The van der Waals surface area contributed by atoms with Crippen LogP contribution < -0.4 is 5.32 Å². The molecule has 3 rings (SSSR count). The number of halogens is 3. The number of pyridine rings is 1. The quantitative estimate of drug-likeness (QED) is 0.800. The van der Waals surface area contributed by atoms with E-state index in [-0.39, 0.29) is 30.6 Å². The number of rotatable bonds is 4. The van der Waals surface area contributed by atoms with E-state index in [1.165, 1.54) is 24.4 Å². The van der Waals surface area contributed by atoms with Gasteiger partial charge in [-0.15, -0.1) is 0 Å². The van der Waals surface area contributed by atoms with Crippen LogP contribution in [-0.4, -0.2) is 25.6 Å². The van der Waals surface area contributed by atoms with Gasteiger partial charge in [0.2, 0.25) is 5.67 Å². The van der Waals surface area contributed by atoms with Gasteiger partial charge in [-0.05, 0) is 36.6 Å². The lowest BCUT2D eigenvalue weighted by Gasteiger charge is -2.33. The summed E-state index contributed by atoms with van der Waals surface area (Å²) >= 11 is 11.9. The molecule has 5 nitrogen and oxygen atoms in total. The largest absolute Gasteiger partial charge is 0.349 e. The van der Waals surface area contributed by atoms with Gasteiger partial charge >= 0.3 is 0 Å². The van der Waals surface area contributed by atoms with E-state index in [4.69, 9.17) is 23.2 Å². The third-order valence-corrected chi connectivity index (χ3v) is 6.73. The summed E-state index contributed by atoms with van der Waals surface area (Å²) in [7, 11) is -3.47. The minimum Gasteiger partial charge on any atom is -0.349 e. The van der Waals surface area contributed by atoms with Gasteiger partial charge in [0.25, 0.3) is 5.91 Å². The van der Waals surface area contributed by atoms with E-state index in [0.717, 1.165) is 6.26 Å². The standard InChI is InChI=1S/C18H17Cl2FN2O3S/c1-27(25,26)15-6-7-18(21,13-3-2-8-22-16(13)15)17(24)23-10-11-4-5-12(19)9-14(11)20/h2-5,8-9,15H,6-7,10H2,1H3,(H,23,24). The van der Waals surface area contributed by atoms with Crippen LogP contribution in [0.25, 0.3) is 0 Å². The van der Waals surface area contributed by atoms with E-state index in [1.54, 1.807) is 12.1 Å². The highest BCUT2D eigenvalue weighted by molar-refractivity contribution is 7.90. The van der Waals surface area contributed by atoms with Crippen LogP contribution in [-0.2, 0) is 26.8 Å². The molecule has 0 fully saturated rings. The minimum absolute atomic E-state index is 0.00798. The maximum atomic E-state index is 15.7. The van der Waals surface area contributed by atoms with Crippen LogP contribution in [0.15, 0.2) is 36.5 Å². The van der Waals surface area contributed by atoms with Crippen molar-refractivity contribution < 1.29 is 17.6 Å². The molecular weight excluding hydrogens is 414 g/mol. The summed E-state index contributed by atoms with van der Waals surface area (Å²) in [5.41, 5.74) is -1.68. The zero-order valence-electron chi connectivity index (χ0n) is 14.4. The number of carbonyl (C=O) groups excluding carboxylic acids is 1. The molecule has 1 amide bonds. The molecule has 2 aromatic rings. The number of fused-ring (bicyclic) bond motifs is 1. The Labute approximate surface area is 166 Å². The topological polar surface area (TPSA) is 76.1 Å². The first-order valence-electron chi connectivity index (χ1n) is 8.18. The van der Waals surface area contributed by atoms with Crippen molar-refractivity contribution in [1.29, 1.82) is 0 Å². The molecular formula is C18H17Cl2FN2O3S. The summed E-state index contributed by atoms with van der Waals surface area (Å²) < 4.78 is 39.7. The zero-order chi connectivity index (χ0) is 19.8. The Morgan fingerprint density at radius 3 is 2.78 bits per heavy atom. The summed E-state index contributed by atoms with van der Waals surface area (Å²) in [6.07, 6.45) is 2.22. The highest BCUT2D eigenvalue weighted by atomic mass is 35.5. The number of hydrogen-bond acceptors (Lipinski definition) is 4. The van der Waals surface area contributed by atoms with Crippen LogP contribution in [0.5, 0.6) is 0 Å². The van der Waals surface area contributed by atoms with Gasteiger partial charge in [0, 0.05) is 34.6 Å². The third-order valence-electron chi connectivity index (χ3n) is 4.65. The number of sulfone groups is 1. The number of aromatic nitrogens is 1. The second kappa shape index (κ2) is 7.37. The maximum Gasteiger partial charge on any atom is 0.262 e. The molecule has 144 valence electrons. The summed E-state index contributed by atoms with van der Waals surface area (Å²) in [6.45, 7) is 0.0195. The van der Waals surface area contributed by atoms with Crippen LogP contribution >= 0.6 is 23.2 Å². The first-order chi connectivity index (χ1) is 12.6. The second-order valence-electron chi connectivity index (χ2n) is 6.51. The van der Waals surface area contributed by atoms with E-state index in [1.807, 2.05) is 0 Å². The highest BCUT2D eigenvalue weighted by Crippen LogP contribution is 2.45. The normalized spacial score (nSPS) is 22.1. The van der Waals surface area contributed by atoms with Gasteiger partial charge in [0.05, 0.1) is 5.69 Å². The van der Waals surface area contributed by atoms with E-state index in [2.05, 4.69) is 10.3 Å². The fourth-order valence-electron chi connectivity index (χ4n) is 3.24. The lowest BCUT2D eigenvalue weighted by Crippen LogP contribution is -2.44. The van der Waals surface area contributed by atoms with Crippen LogP contribution in [0.1, 0.15) is 34.9 Å². The van der Waals surface area contributed by atoms with Crippen molar-refractivity contribution in [2.45, 2.75) is 30.3 Å². The molecule has 0 saturated heterocycles. The third kappa shape index (κ3) is 3.95. The smallest absolute Gasteiger partial charge is 0.262 e. The van der Waals surface area contributed by atoms with Gasteiger partial charge in [-0.25, -0.2) is 12.8 Å². The maximum absolute atomic E-state index is 15.7. The molecule has 9 heteroatoms. The Morgan fingerprint density at radius 1 is 1.37 bits per heavy atom. The molecule has 0 bridgehead atoms. The van der Waals surface area contributed by atoms with Crippen molar-refractivity contribution in [3.05, 3.63) is 63.4 Å². The monoisotopic (exact) mass is 430 g/mol. The molecule has 0 saturated carbocycles. The van der Waals surface area contributed by atoms with E-state index >= 15 is 4.39 Å². The van der Waals surface area contributed by atoms with E-state index < -0.39 is 26.7 Å². The van der Waals surface area contributed by atoms with Gasteiger partial charge in [-0.3, -0.25) is 9.78 Å². The molecule has 27 heavy (non-hydrogen) atoms. The zero-order valence-corrected chi connectivity index (χ0v) is 16.7. The lowest BCUT2D eigenvalue weighted by molar-refractivity contribution is -0.134. The number of amides is 1. The first-order valence-corrected chi connectivity index (χ1v) is 10.9. The molecule has 2 unspecified atom stereocenters. The van der Waals surface area contributed by atoms with Crippen molar-refractivity contribution in [3.63, 3.8) is 0 Å². The van der Waals surface area contributed by atoms with Crippen molar-refractivity contribution >= 4 is 38.9 Å². The molecule has 0 spiro atoms. The summed E-state index contributed by atoms with van der Waals surface area (Å²) in [6, 6.07) is 7.70. The summed E-state index contributed by atoms with van der Waals surface area (Å²) in [5.74, 6) is -0.852. The molecule has 1 aliphatic rings. The first kappa shape index (κ1) is 20.0. The number of alkyl halides is 1. The van der Waals surface area contributed by atoms with Crippen molar-refractivity contribution in [1.82, 2.24) is 10.3 Å². The van der Waals surface area contributed by atoms with Gasteiger partial charge in [0.1, 0.15) is 5.25 Å². The molecule has 1 aromatic carbocycles. The average Bonchev–Trinajstić information content (AvgIpc) is 2.60. The van der Waals surface area contributed by atoms with Crippen molar-refractivity contribution in [3.8, 4) is 0 Å². The second-order valence-corrected chi connectivity index (χ2v) is 9.58. The number of carbonyl (C=O) groups is 1. The average molecular weight is 431 g/mol. The predicted molar refractivity (Wildman–Crippen MR) is 102 cm³/mol. The van der Waals surface area contributed by atoms with Crippen molar-refractivity contribution in [2.24, 2.45) is 0 Å². The Kier molecular flexibility index (Phi) is 5.47. The van der Waals surface area contributed by atoms with Crippen LogP contribution in [0, 0.1) is 0 Å². The van der Waals surface area contributed by atoms with Gasteiger partial charge < -0.3 is 5.32 Å². The van der Waals surface area contributed by atoms with E-state index in [9.17, 15) is 13.2 Å². The SMILES string of the molecule is CS(=O)(=O)C1CCC(F)(C(=O)NCc2ccc(Cl)cc2Cl)c2cccnc21. The Balaban J connectivity index is 1.87. The molecule has 0 radical (unpaired) electrons. The van der Waals surface area contributed by atoms with E-state index in [0.29, 0.717) is 15.6 Å². The van der Waals surface area contributed by atoms with Crippen LogP contribution in [0.2, 0.25) is 10.0 Å². The fraction of sp³-hybridized carbons (Fsp3) is 0.333. The Bertz CT molecular complexity index is 1000. The molecule has 1 aliphatic carbocycles. The van der Waals surface area contributed by atoms with Crippen LogP contribution in [0.3, 0.4) is 0 Å². The molecule has 1 heterocycles.